The summed E-state index contributed by atoms with van der Waals surface area (Å²) in [5.41, 5.74) is 0. The van der Waals surface area contributed by atoms with Crippen LogP contribution in [-0.2, 0) is 0 Å². The fourth-order valence-electron chi connectivity index (χ4n) is 1.54. The molecule has 0 aliphatic heterocycles. The van der Waals surface area contributed by atoms with Gasteiger partial charge in [-0.15, -0.1) is 0 Å². The van der Waals surface area contributed by atoms with Crippen LogP contribution < -0.4 is 5.32 Å². The van der Waals surface area contributed by atoms with Crippen LogP contribution in [0.1, 0.15) is 19.3 Å². The predicted molar refractivity (Wildman–Crippen MR) is 65.2 cm³/mol. The van der Waals surface area contributed by atoms with Gasteiger partial charge in [0.1, 0.15) is 17.3 Å². The maximum Gasteiger partial charge on any atom is 0.255 e. The summed E-state index contributed by atoms with van der Waals surface area (Å²) in [6, 6.07) is 1.72. The third-order valence-corrected chi connectivity index (χ3v) is 2.56. The zero-order chi connectivity index (χ0) is 12.1. The van der Waals surface area contributed by atoms with Crippen LogP contribution in [-0.4, -0.2) is 37.8 Å². The fraction of sp³-hybridized carbons (Fsp3) is 0.500. The van der Waals surface area contributed by atoms with E-state index in [1.54, 1.807) is 10.6 Å². The molecule has 0 saturated carbocycles. The Hall–Kier alpha value is -1.40. The minimum absolute atomic E-state index is 0.244. The van der Waals surface area contributed by atoms with E-state index in [0.29, 0.717) is 10.9 Å². The summed E-state index contributed by atoms with van der Waals surface area (Å²) in [4.78, 5) is 8.02. The highest BCUT2D eigenvalue weighted by Gasteiger charge is 2.05. The number of nitrogens with zero attached hydrogens (tertiary/aromatic N) is 4. The van der Waals surface area contributed by atoms with Gasteiger partial charge in [-0.3, -0.25) is 0 Å². The van der Waals surface area contributed by atoms with Crippen LogP contribution >= 0.6 is 11.6 Å². The molecule has 2 N–H and O–H groups in total. The molecule has 0 spiro atoms. The number of aliphatic hydroxyl groups is 1. The van der Waals surface area contributed by atoms with Gasteiger partial charge in [-0.2, -0.15) is 19.6 Å². The van der Waals surface area contributed by atoms with Gasteiger partial charge < -0.3 is 10.4 Å². The Kier molecular flexibility index (Phi) is 4.11. The Labute approximate surface area is 104 Å². The summed E-state index contributed by atoms with van der Waals surface area (Å²) >= 11 is 5.88. The second-order valence-electron chi connectivity index (χ2n) is 3.65. The lowest BCUT2D eigenvalue weighted by molar-refractivity contribution is 0.283. The number of fused-ring (bicyclic) bond motifs is 1. The van der Waals surface area contributed by atoms with Gasteiger partial charge in [-0.1, -0.05) is 11.6 Å². The van der Waals surface area contributed by atoms with E-state index in [4.69, 9.17) is 16.7 Å². The molecule has 0 atom stereocenters. The molecule has 0 unspecified atom stereocenters. The van der Waals surface area contributed by atoms with E-state index in [0.717, 1.165) is 31.6 Å². The molecule has 2 aromatic rings. The van der Waals surface area contributed by atoms with E-state index in [9.17, 15) is 0 Å². The summed E-state index contributed by atoms with van der Waals surface area (Å²) < 4.78 is 1.61. The first-order valence-electron chi connectivity index (χ1n) is 5.52. The van der Waals surface area contributed by atoms with Crippen LogP contribution in [0.25, 0.3) is 5.78 Å². The largest absolute Gasteiger partial charge is 0.396 e. The van der Waals surface area contributed by atoms with Gasteiger partial charge in [-0.25, -0.2) is 0 Å². The van der Waals surface area contributed by atoms with Crippen molar-refractivity contribution < 1.29 is 5.11 Å². The minimum atomic E-state index is 0.244. The minimum Gasteiger partial charge on any atom is -0.396 e. The van der Waals surface area contributed by atoms with Crippen molar-refractivity contribution in [3.05, 3.63) is 17.5 Å². The van der Waals surface area contributed by atoms with Gasteiger partial charge in [0.05, 0.1) is 0 Å². The number of hydrogen-bond acceptors (Lipinski definition) is 5. The van der Waals surface area contributed by atoms with Gasteiger partial charge >= 0.3 is 0 Å². The summed E-state index contributed by atoms with van der Waals surface area (Å²) in [7, 11) is 0. The molecule has 0 aromatic carbocycles. The fourth-order valence-corrected chi connectivity index (χ4v) is 1.72. The molecule has 17 heavy (non-hydrogen) atoms. The number of unbranched alkanes of at least 4 members (excludes halogenated alkanes) is 2. The van der Waals surface area contributed by atoms with Gasteiger partial charge in [-0.05, 0) is 19.3 Å². The second-order valence-corrected chi connectivity index (χ2v) is 4.03. The second kappa shape index (κ2) is 5.79. The Morgan fingerprint density at radius 1 is 1.35 bits per heavy atom. The number of aliphatic hydroxyl groups excluding tert-OH is 1. The van der Waals surface area contributed by atoms with E-state index in [1.165, 1.54) is 6.33 Å². The standard InChI is InChI=1S/C10H14ClN5O/c11-8-6-9(12-4-2-1-3-5-17)16-10(15-8)13-7-14-16/h6-7,12,17H,1-5H2. The number of anilines is 1. The molecule has 6 nitrogen and oxygen atoms in total. The van der Waals surface area contributed by atoms with Gasteiger partial charge in [0.2, 0.25) is 0 Å². The van der Waals surface area contributed by atoms with Crippen LogP contribution in [0.2, 0.25) is 5.15 Å². The number of rotatable bonds is 6. The maximum atomic E-state index is 8.66. The summed E-state index contributed by atoms with van der Waals surface area (Å²) in [5, 5.41) is 16.3. The normalized spacial score (nSPS) is 10.9. The zero-order valence-corrected chi connectivity index (χ0v) is 10.1. The highest BCUT2D eigenvalue weighted by Crippen LogP contribution is 2.14. The molecule has 2 heterocycles. The average Bonchev–Trinajstić information content (AvgIpc) is 2.76. The molecule has 92 valence electrons. The Balaban J connectivity index is 2.00. The molecule has 0 aliphatic rings. The molecule has 0 aliphatic carbocycles. The molecule has 2 rings (SSSR count). The van der Waals surface area contributed by atoms with Crippen molar-refractivity contribution in [1.82, 2.24) is 19.6 Å². The Morgan fingerprint density at radius 3 is 3.06 bits per heavy atom. The van der Waals surface area contributed by atoms with Gasteiger partial charge in [0.25, 0.3) is 5.78 Å². The van der Waals surface area contributed by atoms with E-state index in [2.05, 4.69) is 20.4 Å². The highest BCUT2D eigenvalue weighted by atomic mass is 35.5. The molecule has 0 saturated heterocycles. The third kappa shape index (κ3) is 3.04. The van der Waals surface area contributed by atoms with Crippen molar-refractivity contribution in [3.63, 3.8) is 0 Å². The van der Waals surface area contributed by atoms with Crippen molar-refractivity contribution in [2.24, 2.45) is 0 Å². The molecule has 7 heteroatoms. The van der Waals surface area contributed by atoms with Crippen molar-refractivity contribution >= 4 is 23.2 Å². The Morgan fingerprint density at radius 2 is 2.24 bits per heavy atom. The van der Waals surface area contributed by atoms with Crippen LogP contribution in [0.3, 0.4) is 0 Å². The van der Waals surface area contributed by atoms with Gasteiger partial charge in [0.15, 0.2) is 0 Å². The van der Waals surface area contributed by atoms with E-state index in [1.807, 2.05) is 0 Å². The average molecular weight is 256 g/mol. The SMILES string of the molecule is OCCCCCNc1cc(Cl)nc2ncnn12. The summed E-state index contributed by atoms with van der Waals surface area (Å²) in [6.45, 7) is 1.05. The zero-order valence-electron chi connectivity index (χ0n) is 9.30. The number of hydrogen-bond donors (Lipinski definition) is 2. The predicted octanol–water partition coefficient (Wildman–Crippen LogP) is 1.35. The van der Waals surface area contributed by atoms with Crippen LogP contribution in [0.15, 0.2) is 12.4 Å². The van der Waals surface area contributed by atoms with Crippen LogP contribution in [0, 0.1) is 0 Å². The third-order valence-electron chi connectivity index (χ3n) is 2.36. The van der Waals surface area contributed by atoms with Crippen LogP contribution in [0.4, 0.5) is 5.82 Å². The Bertz CT molecular complexity index is 487. The smallest absolute Gasteiger partial charge is 0.255 e. The van der Waals surface area contributed by atoms with Crippen LogP contribution in [0.5, 0.6) is 0 Å². The number of aromatic nitrogens is 4. The lowest BCUT2D eigenvalue weighted by Crippen LogP contribution is -2.07. The number of nitrogens with one attached hydrogen (secondary N) is 1. The molecular weight excluding hydrogens is 242 g/mol. The van der Waals surface area contributed by atoms with Crippen molar-refractivity contribution in [2.45, 2.75) is 19.3 Å². The first kappa shape index (κ1) is 12.1. The van der Waals surface area contributed by atoms with Crippen molar-refractivity contribution in [1.29, 1.82) is 0 Å². The van der Waals surface area contributed by atoms with E-state index in [-0.39, 0.29) is 6.61 Å². The number of halogens is 1. The summed E-state index contributed by atoms with van der Waals surface area (Å²) in [6.07, 6.45) is 4.24. The molecule has 0 bridgehead atoms. The van der Waals surface area contributed by atoms with Gasteiger partial charge in [0, 0.05) is 19.2 Å². The highest BCUT2D eigenvalue weighted by molar-refractivity contribution is 6.29. The topological polar surface area (TPSA) is 75.3 Å². The lowest BCUT2D eigenvalue weighted by Gasteiger charge is -2.07. The lowest BCUT2D eigenvalue weighted by atomic mass is 10.2. The van der Waals surface area contributed by atoms with Crippen molar-refractivity contribution in [2.75, 3.05) is 18.5 Å². The molecule has 0 fully saturated rings. The first-order chi connectivity index (χ1) is 8.31. The quantitative estimate of drug-likeness (QED) is 0.602. The monoisotopic (exact) mass is 255 g/mol. The van der Waals surface area contributed by atoms with E-state index >= 15 is 0 Å². The maximum absolute atomic E-state index is 8.66. The van der Waals surface area contributed by atoms with E-state index < -0.39 is 0 Å². The van der Waals surface area contributed by atoms with Crippen molar-refractivity contribution in [3.8, 4) is 0 Å². The first-order valence-corrected chi connectivity index (χ1v) is 5.90. The molecule has 0 radical (unpaired) electrons. The summed E-state index contributed by atoms with van der Waals surface area (Å²) in [5.74, 6) is 1.26. The molecule has 0 amide bonds. The molecule has 2 aromatic heterocycles. The molecular formula is C10H14ClN5O.